The van der Waals surface area contributed by atoms with Gasteiger partial charge in [0.05, 0.1) is 5.69 Å². The van der Waals surface area contributed by atoms with E-state index >= 15 is 0 Å². The quantitative estimate of drug-likeness (QED) is 0.198. The van der Waals surface area contributed by atoms with Gasteiger partial charge in [-0.3, -0.25) is 10.1 Å². The molecule has 7 heteroatoms. The van der Waals surface area contributed by atoms with Crippen molar-refractivity contribution in [1.29, 1.82) is 0 Å². The number of thiazole rings is 1. The Kier molecular flexibility index (Phi) is 9.56. The number of carboxylic acids is 1. The molecule has 0 amide bonds. The van der Waals surface area contributed by atoms with Gasteiger partial charge in [-0.15, -0.1) is 11.3 Å². The van der Waals surface area contributed by atoms with E-state index in [1.165, 1.54) is 22.5 Å². The number of carboxylic acid groups (broad SMARTS) is 1. The number of anilines is 1. The zero-order chi connectivity index (χ0) is 27.1. The molecule has 4 rings (SSSR count). The summed E-state index contributed by atoms with van der Waals surface area (Å²) in [5.41, 5.74) is 6.67. The molecule has 0 bridgehead atoms. The Bertz CT molecular complexity index is 1320. The maximum Gasteiger partial charge on any atom is 0.321 e. The average Bonchev–Trinajstić information content (AvgIpc) is 3.37. The third kappa shape index (κ3) is 7.90. The zero-order valence-corrected chi connectivity index (χ0v) is 23.6. The van der Waals surface area contributed by atoms with Crippen LogP contribution in [0.25, 0.3) is 11.3 Å². The maximum atomic E-state index is 11.8. The molecule has 4 aromatic rings. The SMILES string of the molecule is CC(C)Cc1ccc(CN(C)c2ccc(-c3csc(CNC(Cc4ccc(Cl)cc4)C(=O)O)n3)cc2)cc1. The van der Waals surface area contributed by atoms with Crippen LogP contribution in [0.15, 0.2) is 78.2 Å². The highest BCUT2D eigenvalue weighted by molar-refractivity contribution is 7.09. The first-order valence-corrected chi connectivity index (χ1v) is 14.1. The Morgan fingerprint density at radius 1 is 0.947 bits per heavy atom. The van der Waals surface area contributed by atoms with Crippen molar-refractivity contribution in [2.75, 3.05) is 11.9 Å². The summed E-state index contributed by atoms with van der Waals surface area (Å²) in [6.45, 7) is 5.72. The first-order chi connectivity index (χ1) is 18.3. The number of nitrogens with one attached hydrogen (secondary N) is 1. The fourth-order valence-corrected chi connectivity index (χ4v) is 5.22. The van der Waals surface area contributed by atoms with Crippen LogP contribution in [-0.4, -0.2) is 29.1 Å². The van der Waals surface area contributed by atoms with Gasteiger partial charge in [0, 0.05) is 41.8 Å². The smallest absolute Gasteiger partial charge is 0.321 e. The van der Waals surface area contributed by atoms with E-state index in [1.54, 1.807) is 12.1 Å². The Hall–Kier alpha value is -3.19. The number of aromatic nitrogens is 1. The highest BCUT2D eigenvalue weighted by atomic mass is 35.5. The van der Waals surface area contributed by atoms with Crippen LogP contribution in [0.4, 0.5) is 5.69 Å². The largest absolute Gasteiger partial charge is 0.480 e. The molecule has 5 nitrogen and oxygen atoms in total. The van der Waals surface area contributed by atoms with E-state index < -0.39 is 12.0 Å². The lowest BCUT2D eigenvalue weighted by atomic mass is 10.0. The number of hydrogen-bond donors (Lipinski definition) is 2. The van der Waals surface area contributed by atoms with Gasteiger partial charge < -0.3 is 10.0 Å². The standard InChI is InChI=1S/C31H34ClN3O2S/c1-21(2)16-22-4-6-24(7-5-22)19-35(3)27-14-10-25(11-15-27)29-20-38-30(34-29)18-33-28(31(36)37)17-23-8-12-26(32)13-9-23/h4-15,20-21,28,33H,16-19H2,1-3H3,(H,36,37). The van der Waals surface area contributed by atoms with Crippen LogP contribution in [0.2, 0.25) is 5.02 Å². The van der Waals surface area contributed by atoms with Crippen molar-refractivity contribution in [2.45, 2.75) is 45.8 Å². The predicted octanol–water partition coefficient (Wildman–Crippen LogP) is 7.08. The number of rotatable bonds is 12. The lowest BCUT2D eigenvalue weighted by Gasteiger charge is -2.20. The maximum absolute atomic E-state index is 11.8. The van der Waals surface area contributed by atoms with Gasteiger partial charge in [0.15, 0.2) is 0 Å². The number of nitrogens with zero attached hydrogens (tertiary/aromatic N) is 2. The van der Waals surface area contributed by atoms with Gasteiger partial charge in [-0.05, 0) is 59.7 Å². The van der Waals surface area contributed by atoms with Crippen molar-refractivity contribution in [2.24, 2.45) is 5.92 Å². The highest BCUT2D eigenvalue weighted by Gasteiger charge is 2.18. The second-order valence-corrected chi connectivity index (χ2v) is 11.4. The van der Waals surface area contributed by atoms with Crippen LogP contribution in [0, 0.1) is 5.92 Å². The molecule has 0 aliphatic carbocycles. The fraction of sp³-hybridized carbons (Fsp3) is 0.290. The third-order valence-electron chi connectivity index (χ3n) is 6.39. The third-order valence-corrected chi connectivity index (χ3v) is 7.49. The normalized spacial score (nSPS) is 12.0. The molecule has 1 aromatic heterocycles. The topological polar surface area (TPSA) is 65.5 Å². The first kappa shape index (κ1) is 27.8. The van der Waals surface area contributed by atoms with Gasteiger partial charge in [-0.25, -0.2) is 4.98 Å². The van der Waals surface area contributed by atoms with Gasteiger partial charge in [0.2, 0.25) is 0 Å². The molecule has 0 fully saturated rings. The van der Waals surface area contributed by atoms with Crippen molar-refractivity contribution < 1.29 is 9.90 Å². The minimum absolute atomic E-state index is 0.377. The van der Waals surface area contributed by atoms with Gasteiger partial charge in [0.25, 0.3) is 0 Å². The Morgan fingerprint density at radius 3 is 2.18 bits per heavy atom. The van der Waals surface area contributed by atoms with Crippen molar-refractivity contribution in [3.8, 4) is 11.3 Å². The van der Waals surface area contributed by atoms with Crippen LogP contribution in [0.1, 0.15) is 35.5 Å². The summed E-state index contributed by atoms with van der Waals surface area (Å²) in [7, 11) is 2.10. The molecule has 0 aliphatic heterocycles. The summed E-state index contributed by atoms with van der Waals surface area (Å²) in [5.74, 6) is -0.225. The molecule has 2 N–H and O–H groups in total. The molecule has 3 aromatic carbocycles. The molecule has 0 saturated carbocycles. The molecule has 0 saturated heterocycles. The minimum atomic E-state index is -0.886. The average molecular weight is 548 g/mol. The Labute approximate surface area is 234 Å². The van der Waals surface area contributed by atoms with E-state index in [0.717, 1.165) is 40.5 Å². The molecule has 0 spiro atoms. The monoisotopic (exact) mass is 547 g/mol. The van der Waals surface area contributed by atoms with Gasteiger partial charge in [0.1, 0.15) is 11.0 Å². The van der Waals surface area contributed by atoms with Gasteiger partial charge in [-0.1, -0.05) is 74.0 Å². The molecular formula is C31H34ClN3O2S. The second-order valence-electron chi connectivity index (χ2n) is 10.0. The molecule has 0 aliphatic rings. The van der Waals surface area contributed by atoms with Crippen LogP contribution < -0.4 is 10.2 Å². The van der Waals surface area contributed by atoms with E-state index in [9.17, 15) is 9.90 Å². The summed E-state index contributed by atoms with van der Waals surface area (Å²) in [5, 5.41) is 16.3. The van der Waals surface area contributed by atoms with Crippen molar-refractivity contribution >= 4 is 34.6 Å². The van der Waals surface area contributed by atoms with Gasteiger partial charge in [-0.2, -0.15) is 0 Å². The van der Waals surface area contributed by atoms with Crippen molar-refractivity contribution in [1.82, 2.24) is 10.3 Å². The van der Waals surface area contributed by atoms with E-state index in [0.29, 0.717) is 23.9 Å². The summed E-state index contributed by atoms with van der Waals surface area (Å²) in [6.07, 6.45) is 1.48. The lowest BCUT2D eigenvalue weighted by Crippen LogP contribution is -2.38. The highest BCUT2D eigenvalue weighted by Crippen LogP contribution is 2.25. The van der Waals surface area contributed by atoms with E-state index in [-0.39, 0.29) is 0 Å². The first-order valence-electron chi connectivity index (χ1n) is 12.8. The van der Waals surface area contributed by atoms with E-state index in [1.807, 2.05) is 17.5 Å². The second kappa shape index (κ2) is 13.1. The van der Waals surface area contributed by atoms with Crippen LogP contribution in [-0.2, 0) is 30.7 Å². The number of hydrogen-bond acceptors (Lipinski definition) is 5. The van der Waals surface area contributed by atoms with Crippen LogP contribution in [0.5, 0.6) is 0 Å². The molecule has 198 valence electrons. The van der Waals surface area contributed by atoms with E-state index in [2.05, 4.69) is 79.6 Å². The molecular weight excluding hydrogens is 514 g/mol. The molecule has 1 unspecified atom stereocenters. The van der Waals surface area contributed by atoms with Gasteiger partial charge >= 0.3 is 5.97 Å². The van der Waals surface area contributed by atoms with E-state index in [4.69, 9.17) is 16.6 Å². The van der Waals surface area contributed by atoms with Crippen LogP contribution >= 0.6 is 22.9 Å². The van der Waals surface area contributed by atoms with Crippen molar-refractivity contribution in [3.05, 3.63) is 105 Å². The summed E-state index contributed by atoms with van der Waals surface area (Å²) < 4.78 is 0. The van der Waals surface area contributed by atoms with Crippen LogP contribution in [0.3, 0.4) is 0 Å². The summed E-state index contributed by atoms with van der Waals surface area (Å²) in [4.78, 5) is 18.7. The molecule has 1 heterocycles. The number of benzene rings is 3. The van der Waals surface area contributed by atoms with Crippen molar-refractivity contribution in [3.63, 3.8) is 0 Å². The molecule has 1 atom stereocenters. The molecule has 0 radical (unpaired) electrons. The Balaban J connectivity index is 1.33. The summed E-state index contributed by atoms with van der Waals surface area (Å²) >= 11 is 7.47. The fourth-order valence-electron chi connectivity index (χ4n) is 4.34. The number of aliphatic carboxylic acids is 1. The molecule has 38 heavy (non-hydrogen) atoms. The minimum Gasteiger partial charge on any atom is -0.480 e. The number of carbonyl (C=O) groups is 1. The zero-order valence-electron chi connectivity index (χ0n) is 22.0. The Morgan fingerprint density at radius 2 is 1.55 bits per heavy atom. The summed E-state index contributed by atoms with van der Waals surface area (Å²) in [6, 6.07) is 23.9. The predicted molar refractivity (Wildman–Crippen MR) is 158 cm³/mol. The number of halogens is 1. The lowest BCUT2D eigenvalue weighted by molar-refractivity contribution is -0.139.